The number of benzene rings is 3. The number of nitrogens with zero attached hydrogens (tertiary/aromatic N) is 3. The summed E-state index contributed by atoms with van der Waals surface area (Å²) in [5, 5.41) is 10.9. The van der Waals surface area contributed by atoms with E-state index in [1.807, 2.05) is 47.1 Å². The average molecular weight is 425 g/mol. The van der Waals surface area contributed by atoms with Crippen LogP contribution < -0.4 is 15.4 Å². The standard InChI is InChI=1S/C25H23N5O2/c1-32-22-15-9-8-14-19(22)23(31)27-24-28-25-26-20(17-10-4-2-5-11-17)16-21(30(25)29-24)18-12-6-3-7-13-18/h2-15,20-21H,16H2,1H3,(H2,26,27,28,29,31)/t20-,21+/m1/s1. The van der Waals surface area contributed by atoms with Gasteiger partial charge in [0, 0.05) is 0 Å². The van der Waals surface area contributed by atoms with Crippen LogP contribution in [0.4, 0.5) is 11.9 Å². The van der Waals surface area contributed by atoms with E-state index in [1.165, 1.54) is 12.7 Å². The van der Waals surface area contributed by atoms with E-state index in [1.54, 1.807) is 18.2 Å². The molecular formula is C25H23N5O2. The van der Waals surface area contributed by atoms with Crippen LogP contribution >= 0.6 is 0 Å². The lowest BCUT2D eigenvalue weighted by Gasteiger charge is -2.31. The number of aromatic nitrogens is 3. The molecule has 7 heteroatoms. The topological polar surface area (TPSA) is 81.1 Å². The second kappa shape index (κ2) is 8.55. The van der Waals surface area contributed by atoms with Crippen molar-refractivity contribution in [2.24, 2.45) is 0 Å². The third-order valence-corrected chi connectivity index (χ3v) is 5.65. The molecule has 0 bridgehead atoms. The van der Waals surface area contributed by atoms with Crippen molar-refractivity contribution in [3.8, 4) is 5.75 Å². The summed E-state index contributed by atoms with van der Waals surface area (Å²) < 4.78 is 7.16. The van der Waals surface area contributed by atoms with Gasteiger partial charge >= 0.3 is 0 Å². The Bertz CT molecular complexity index is 1220. The second-order valence-electron chi connectivity index (χ2n) is 7.63. The highest BCUT2D eigenvalue weighted by Gasteiger charge is 2.31. The molecule has 5 rings (SSSR count). The van der Waals surface area contributed by atoms with Crippen molar-refractivity contribution in [3.63, 3.8) is 0 Å². The first-order valence-electron chi connectivity index (χ1n) is 10.5. The van der Waals surface area contributed by atoms with Gasteiger partial charge in [0.25, 0.3) is 11.9 Å². The van der Waals surface area contributed by atoms with Gasteiger partial charge in [-0.25, -0.2) is 4.68 Å². The summed E-state index contributed by atoms with van der Waals surface area (Å²) in [6, 6.07) is 27.7. The SMILES string of the molecule is COc1ccccc1C(=O)Nc1nc2n(n1)[C@H](c1ccccc1)C[C@H](c1ccccc1)N2. The zero-order valence-electron chi connectivity index (χ0n) is 17.6. The fraction of sp³-hybridized carbons (Fsp3) is 0.160. The summed E-state index contributed by atoms with van der Waals surface area (Å²) in [5.41, 5.74) is 2.75. The maximum Gasteiger partial charge on any atom is 0.261 e. The van der Waals surface area contributed by atoms with Crippen LogP contribution in [0, 0.1) is 0 Å². The molecule has 2 heterocycles. The Kier molecular flexibility index (Phi) is 5.29. The lowest BCUT2D eigenvalue weighted by Crippen LogP contribution is -2.28. The van der Waals surface area contributed by atoms with Gasteiger partial charge in [0.15, 0.2) is 0 Å². The molecule has 0 unspecified atom stereocenters. The molecule has 0 aliphatic carbocycles. The number of hydrogen-bond acceptors (Lipinski definition) is 5. The van der Waals surface area contributed by atoms with Crippen LogP contribution in [-0.2, 0) is 0 Å². The maximum absolute atomic E-state index is 12.8. The highest BCUT2D eigenvalue weighted by atomic mass is 16.5. The summed E-state index contributed by atoms with van der Waals surface area (Å²) in [6.07, 6.45) is 0.810. The summed E-state index contributed by atoms with van der Waals surface area (Å²) in [7, 11) is 1.54. The van der Waals surface area contributed by atoms with Gasteiger partial charge in [-0.15, -0.1) is 5.10 Å². The minimum atomic E-state index is -0.318. The van der Waals surface area contributed by atoms with E-state index in [9.17, 15) is 4.79 Å². The number of amides is 1. The smallest absolute Gasteiger partial charge is 0.261 e. The second-order valence-corrected chi connectivity index (χ2v) is 7.63. The van der Waals surface area contributed by atoms with Gasteiger partial charge in [-0.2, -0.15) is 4.98 Å². The Morgan fingerprint density at radius 1 is 0.969 bits per heavy atom. The zero-order chi connectivity index (χ0) is 21.9. The summed E-state index contributed by atoms with van der Waals surface area (Å²) in [4.78, 5) is 17.4. The van der Waals surface area contributed by atoms with E-state index >= 15 is 0 Å². The molecule has 4 aromatic rings. The molecule has 0 saturated carbocycles. The largest absolute Gasteiger partial charge is 0.496 e. The van der Waals surface area contributed by atoms with Crippen molar-refractivity contribution in [1.82, 2.24) is 14.8 Å². The molecule has 1 aromatic heterocycles. The first-order chi connectivity index (χ1) is 15.7. The van der Waals surface area contributed by atoms with Gasteiger partial charge in [-0.3, -0.25) is 10.1 Å². The van der Waals surface area contributed by atoms with Crippen LogP contribution in [0.3, 0.4) is 0 Å². The number of anilines is 2. The number of carbonyl (C=O) groups excluding carboxylic acids is 1. The predicted octanol–water partition coefficient (Wildman–Crippen LogP) is 4.69. The van der Waals surface area contributed by atoms with E-state index < -0.39 is 0 Å². The lowest BCUT2D eigenvalue weighted by atomic mass is 9.93. The van der Waals surface area contributed by atoms with Crippen LogP contribution in [0.25, 0.3) is 0 Å². The molecule has 0 spiro atoms. The Balaban J connectivity index is 1.48. The van der Waals surface area contributed by atoms with Crippen molar-refractivity contribution < 1.29 is 9.53 Å². The number of nitrogens with one attached hydrogen (secondary N) is 2. The lowest BCUT2D eigenvalue weighted by molar-refractivity contribution is 0.102. The molecule has 0 saturated heterocycles. The van der Waals surface area contributed by atoms with E-state index in [0.29, 0.717) is 17.3 Å². The van der Waals surface area contributed by atoms with Gasteiger partial charge < -0.3 is 10.1 Å². The van der Waals surface area contributed by atoms with Gasteiger partial charge in [-0.1, -0.05) is 72.8 Å². The van der Waals surface area contributed by atoms with Crippen LogP contribution in [0.15, 0.2) is 84.9 Å². The molecular weight excluding hydrogens is 402 g/mol. The van der Waals surface area contributed by atoms with E-state index in [4.69, 9.17) is 4.74 Å². The number of methoxy groups -OCH3 is 1. The Morgan fingerprint density at radius 3 is 2.34 bits per heavy atom. The van der Waals surface area contributed by atoms with Gasteiger partial charge in [-0.05, 0) is 29.7 Å². The minimum absolute atomic E-state index is 0.0120. The van der Waals surface area contributed by atoms with Crippen LogP contribution in [0.2, 0.25) is 0 Å². The normalized spacial score (nSPS) is 17.2. The average Bonchev–Trinajstić information content (AvgIpc) is 3.26. The highest BCUT2D eigenvalue weighted by molar-refractivity contribution is 6.05. The van der Waals surface area contributed by atoms with E-state index in [2.05, 4.69) is 45.0 Å². The van der Waals surface area contributed by atoms with Crippen molar-refractivity contribution in [1.29, 1.82) is 0 Å². The fourth-order valence-corrected chi connectivity index (χ4v) is 4.09. The number of carbonyl (C=O) groups is 1. The molecule has 2 atom stereocenters. The summed E-state index contributed by atoms with van der Waals surface area (Å²) in [5.74, 6) is 1.05. The molecule has 1 amide bonds. The van der Waals surface area contributed by atoms with Gasteiger partial charge in [0.1, 0.15) is 5.75 Å². The van der Waals surface area contributed by atoms with Gasteiger partial charge in [0.05, 0.1) is 24.8 Å². The molecule has 0 fully saturated rings. The van der Waals surface area contributed by atoms with Crippen molar-refractivity contribution in [3.05, 3.63) is 102 Å². The van der Waals surface area contributed by atoms with E-state index in [0.717, 1.165) is 12.0 Å². The number of para-hydroxylation sites is 1. The van der Waals surface area contributed by atoms with Crippen LogP contribution in [0.1, 0.15) is 40.0 Å². The predicted molar refractivity (Wildman–Crippen MR) is 123 cm³/mol. The molecule has 2 N–H and O–H groups in total. The molecule has 0 radical (unpaired) electrons. The molecule has 3 aromatic carbocycles. The molecule has 7 nitrogen and oxygen atoms in total. The van der Waals surface area contributed by atoms with Crippen LogP contribution in [0.5, 0.6) is 5.75 Å². The number of hydrogen-bond donors (Lipinski definition) is 2. The Labute approximate surface area is 186 Å². The van der Waals surface area contributed by atoms with Crippen molar-refractivity contribution >= 4 is 17.8 Å². The Morgan fingerprint density at radius 2 is 1.62 bits per heavy atom. The third-order valence-electron chi connectivity index (χ3n) is 5.65. The maximum atomic E-state index is 12.8. The quantitative estimate of drug-likeness (QED) is 0.485. The molecule has 32 heavy (non-hydrogen) atoms. The molecule has 160 valence electrons. The highest BCUT2D eigenvalue weighted by Crippen LogP contribution is 2.38. The summed E-state index contributed by atoms with van der Waals surface area (Å²) >= 11 is 0. The van der Waals surface area contributed by atoms with Crippen molar-refractivity contribution in [2.45, 2.75) is 18.5 Å². The van der Waals surface area contributed by atoms with Crippen LogP contribution in [-0.4, -0.2) is 27.8 Å². The number of ether oxygens (including phenoxy) is 1. The summed E-state index contributed by atoms with van der Waals surface area (Å²) in [6.45, 7) is 0. The molecule has 1 aliphatic rings. The van der Waals surface area contributed by atoms with Gasteiger partial charge in [0.2, 0.25) is 5.95 Å². The first kappa shape index (κ1) is 19.8. The van der Waals surface area contributed by atoms with E-state index in [-0.39, 0.29) is 23.9 Å². The molecule has 1 aliphatic heterocycles. The number of fused-ring (bicyclic) bond motifs is 1. The number of rotatable bonds is 5. The first-order valence-corrected chi connectivity index (χ1v) is 10.5. The Hall–Kier alpha value is -4.13. The monoisotopic (exact) mass is 425 g/mol. The fourth-order valence-electron chi connectivity index (χ4n) is 4.09. The minimum Gasteiger partial charge on any atom is -0.496 e. The zero-order valence-corrected chi connectivity index (χ0v) is 17.6. The third kappa shape index (κ3) is 3.80. The van der Waals surface area contributed by atoms with Crippen molar-refractivity contribution in [2.75, 3.05) is 17.7 Å².